The second kappa shape index (κ2) is 9.27. The van der Waals surface area contributed by atoms with Crippen LogP contribution >= 0.6 is 11.6 Å². The van der Waals surface area contributed by atoms with Gasteiger partial charge in [0.1, 0.15) is 23.6 Å². The molecule has 3 rings (SSSR count). The van der Waals surface area contributed by atoms with Crippen LogP contribution in [0.3, 0.4) is 0 Å². The van der Waals surface area contributed by atoms with Crippen molar-refractivity contribution in [2.75, 3.05) is 19.5 Å². The summed E-state index contributed by atoms with van der Waals surface area (Å²) in [6.07, 6.45) is 2.04. The predicted molar refractivity (Wildman–Crippen MR) is 112 cm³/mol. The van der Waals surface area contributed by atoms with E-state index >= 15 is 0 Å². The van der Waals surface area contributed by atoms with Crippen LogP contribution in [0.4, 0.5) is 17.2 Å². The lowest BCUT2D eigenvalue weighted by atomic mass is 10.2. The van der Waals surface area contributed by atoms with Gasteiger partial charge in [-0.3, -0.25) is 10.1 Å². The van der Waals surface area contributed by atoms with E-state index in [1.165, 1.54) is 26.6 Å². The number of anilines is 2. The van der Waals surface area contributed by atoms with Gasteiger partial charge in [-0.2, -0.15) is 4.98 Å². The number of rotatable bonds is 8. The molecule has 1 N–H and O–H groups in total. The number of hydrogen-bond acceptors (Lipinski definition) is 8. The lowest BCUT2D eigenvalue weighted by molar-refractivity contribution is -0.385. The largest absolute Gasteiger partial charge is 0.495 e. The molecule has 0 saturated carbocycles. The lowest BCUT2D eigenvalue weighted by Gasteiger charge is -2.14. The third kappa shape index (κ3) is 4.52. The van der Waals surface area contributed by atoms with Crippen LogP contribution in [0.2, 0.25) is 5.02 Å². The first-order valence-corrected chi connectivity index (χ1v) is 9.29. The van der Waals surface area contributed by atoms with Crippen molar-refractivity contribution in [3.8, 4) is 23.1 Å². The Hall–Kier alpha value is -3.59. The van der Waals surface area contributed by atoms with Gasteiger partial charge in [0, 0.05) is 6.07 Å². The van der Waals surface area contributed by atoms with Crippen LogP contribution in [0.25, 0.3) is 0 Å². The van der Waals surface area contributed by atoms with E-state index in [4.69, 9.17) is 25.8 Å². The highest BCUT2D eigenvalue weighted by Gasteiger charge is 2.26. The molecule has 0 aliphatic heterocycles. The van der Waals surface area contributed by atoms with Crippen LogP contribution in [0.15, 0.2) is 42.7 Å². The molecule has 1 heterocycles. The van der Waals surface area contributed by atoms with E-state index in [-0.39, 0.29) is 11.7 Å². The SMILES string of the molecule is CCc1ccc(Oc2ncnc(Nc3cc(Cl)c(OC)cc3OC)c2[N+](=O)[O-])cc1. The molecule has 0 aliphatic carbocycles. The Balaban J connectivity index is 1.99. The Morgan fingerprint density at radius 1 is 1.10 bits per heavy atom. The van der Waals surface area contributed by atoms with E-state index in [0.29, 0.717) is 28.0 Å². The van der Waals surface area contributed by atoms with Crippen molar-refractivity contribution in [3.63, 3.8) is 0 Å². The molecule has 0 atom stereocenters. The van der Waals surface area contributed by atoms with Gasteiger partial charge in [-0.05, 0) is 30.2 Å². The first kappa shape index (κ1) is 21.1. The van der Waals surface area contributed by atoms with Crippen molar-refractivity contribution < 1.29 is 19.1 Å². The second-order valence-corrected chi connectivity index (χ2v) is 6.45. The Labute approximate surface area is 177 Å². The maximum Gasteiger partial charge on any atom is 0.373 e. The zero-order valence-electron chi connectivity index (χ0n) is 16.5. The molecule has 10 heteroatoms. The van der Waals surface area contributed by atoms with Gasteiger partial charge in [0.25, 0.3) is 0 Å². The Morgan fingerprint density at radius 3 is 2.40 bits per heavy atom. The summed E-state index contributed by atoms with van der Waals surface area (Å²) in [5, 5.41) is 14.9. The highest BCUT2D eigenvalue weighted by Crippen LogP contribution is 2.40. The molecule has 156 valence electrons. The molecule has 3 aromatic rings. The Kier molecular flexibility index (Phi) is 6.53. The van der Waals surface area contributed by atoms with Gasteiger partial charge in [-0.1, -0.05) is 30.7 Å². The molecule has 9 nitrogen and oxygen atoms in total. The van der Waals surface area contributed by atoms with Gasteiger partial charge in [-0.15, -0.1) is 0 Å². The van der Waals surface area contributed by atoms with Crippen molar-refractivity contribution in [2.24, 2.45) is 0 Å². The Bertz CT molecular complexity index is 1060. The van der Waals surface area contributed by atoms with E-state index in [2.05, 4.69) is 15.3 Å². The molecule has 0 radical (unpaired) electrons. The van der Waals surface area contributed by atoms with Gasteiger partial charge >= 0.3 is 11.6 Å². The molecule has 0 spiro atoms. The van der Waals surface area contributed by atoms with Crippen LogP contribution in [-0.4, -0.2) is 29.1 Å². The highest BCUT2D eigenvalue weighted by atomic mass is 35.5. The molecule has 0 amide bonds. The van der Waals surface area contributed by atoms with E-state index in [1.54, 1.807) is 18.2 Å². The summed E-state index contributed by atoms with van der Waals surface area (Å²) in [6, 6.07) is 10.3. The predicted octanol–water partition coefficient (Wildman–Crippen LogP) is 5.15. The van der Waals surface area contributed by atoms with E-state index in [1.807, 2.05) is 19.1 Å². The quantitative estimate of drug-likeness (QED) is 0.386. The minimum absolute atomic E-state index is 0.0743. The molecule has 0 aliphatic rings. The smallest absolute Gasteiger partial charge is 0.373 e. The molecule has 2 aromatic carbocycles. The van der Waals surface area contributed by atoms with E-state index in [9.17, 15) is 10.1 Å². The van der Waals surface area contributed by atoms with E-state index in [0.717, 1.165) is 12.0 Å². The van der Waals surface area contributed by atoms with Crippen LogP contribution in [-0.2, 0) is 6.42 Å². The molecule has 1 aromatic heterocycles. The fourth-order valence-corrected chi connectivity index (χ4v) is 2.92. The fourth-order valence-electron chi connectivity index (χ4n) is 2.68. The number of halogens is 1. The summed E-state index contributed by atoms with van der Waals surface area (Å²) in [7, 11) is 2.93. The minimum Gasteiger partial charge on any atom is -0.495 e. The number of aryl methyl sites for hydroxylation is 1. The van der Waals surface area contributed by atoms with Gasteiger partial charge < -0.3 is 19.5 Å². The number of benzene rings is 2. The average Bonchev–Trinajstić information content (AvgIpc) is 2.74. The number of aromatic nitrogens is 2. The standard InChI is InChI=1S/C20H19ClN4O5/c1-4-12-5-7-13(8-6-12)30-20-18(25(26)27)19(22-11-23-20)24-15-9-14(21)16(28-2)10-17(15)29-3/h5-11H,4H2,1-3H3,(H,22,23,24). The van der Waals surface area contributed by atoms with Gasteiger partial charge in [0.15, 0.2) is 0 Å². The van der Waals surface area contributed by atoms with Crippen LogP contribution in [0.1, 0.15) is 12.5 Å². The second-order valence-electron chi connectivity index (χ2n) is 6.04. The van der Waals surface area contributed by atoms with Crippen LogP contribution in [0, 0.1) is 10.1 Å². The number of methoxy groups -OCH3 is 2. The zero-order valence-corrected chi connectivity index (χ0v) is 17.3. The summed E-state index contributed by atoms with van der Waals surface area (Å²) in [5.74, 6) is 0.914. The third-order valence-corrected chi connectivity index (χ3v) is 4.54. The maximum absolute atomic E-state index is 11.8. The Morgan fingerprint density at radius 2 is 1.80 bits per heavy atom. The zero-order chi connectivity index (χ0) is 21.7. The van der Waals surface area contributed by atoms with Crippen molar-refractivity contribution in [1.82, 2.24) is 9.97 Å². The summed E-state index contributed by atoms with van der Waals surface area (Å²) in [4.78, 5) is 19.1. The van der Waals surface area contributed by atoms with Crippen molar-refractivity contribution >= 4 is 28.8 Å². The van der Waals surface area contributed by atoms with E-state index < -0.39 is 10.6 Å². The molecule has 30 heavy (non-hydrogen) atoms. The number of hydrogen-bond donors (Lipinski definition) is 1. The fraction of sp³-hybridized carbons (Fsp3) is 0.200. The highest BCUT2D eigenvalue weighted by molar-refractivity contribution is 6.32. The van der Waals surface area contributed by atoms with Crippen molar-refractivity contribution in [1.29, 1.82) is 0 Å². The first-order valence-electron chi connectivity index (χ1n) is 8.91. The summed E-state index contributed by atoms with van der Waals surface area (Å²) in [5.41, 5.74) is 1.06. The molecular weight excluding hydrogens is 412 g/mol. The number of ether oxygens (including phenoxy) is 3. The topological polar surface area (TPSA) is 109 Å². The van der Waals surface area contributed by atoms with Gasteiger partial charge in [-0.25, -0.2) is 4.98 Å². The number of nitrogens with zero attached hydrogens (tertiary/aromatic N) is 3. The van der Waals surface area contributed by atoms with Gasteiger partial charge in [0.2, 0.25) is 5.82 Å². The third-order valence-electron chi connectivity index (χ3n) is 4.24. The summed E-state index contributed by atoms with van der Waals surface area (Å²) < 4.78 is 16.1. The first-order chi connectivity index (χ1) is 14.5. The molecule has 0 saturated heterocycles. The average molecular weight is 431 g/mol. The van der Waals surface area contributed by atoms with Crippen molar-refractivity contribution in [2.45, 2.75) is 13.3 Å². The molecule has 0 unspecified atom stereocenters. The molecule has 0 bridgehead atoms. The van der Waals surface area contributed by atoms with Crippen LogP contribution < -0.4 is 19.5 Å². The van der Waals surface area contributed by atoms with Crippen LogP contribution in [0.5, 0.6) is 23.1 Å². The summed E-state index contributed by atoms with van der Waals surface area (Å²) in [6.45, 7) is 2.03. The lowest BCUT2D eigenvalue weighted by Crippen LogP contribution is -2.04. The maximum atomic E-state index is 11.8. The van der Waals surface area contributed by atoms with Crippen molar-refractivity contribution in [3.05, 3.63) is 63.4 Å². The van der Waals surface area contributed by atoms with Gasteiger partial charge in [0.05, 0.1) is 29.9 Å². The molecule has 0 fully saturated rings. The number of nitro groups is 1. The minimum atomic E-state index is -0.615. The summed E-state index contributed by atoms with van der Waals surface area (Å²) >= 11 is 6.18. The molecular formula is C20H19ClN4O5. The monoisotopic (exact) mass is 430 g/mol. The number of nitrogens with one attached hydrogen (secondary N) is 1. The normalized spacial score (nSPS) is 10.4.